The molecule has 0 saturated heterocycles. The summed E-state index contributed by atoms with van der Waals surface area (Å²) in [4.78, 5) is 7.70. The number of ether oxygens (including phenoxy) is 1. The van der Waals surface area contributed by atoms with Gasteiger partial charge >= 0.3 is 0 Å². The molecule has 2 rings (SSSR count). The smallest absolute Gasteiger partial charge is 0.127 e. The predicted octanol–water partition coefficient (Wildman–Crippen LogP) is 2.89. The lowest BCUT2D eigenvalue weighted by Crippen LogP contribution is -1.97. The van der Waals surface area contributed by atoms with Gasteiger partial charge in [-0.25, -0.2) is 4.98 Å². The van der Waals surface area contributed by atoms with Crippen LogP contribution in [0.3, 0.4) is 0 Å². The number of imidazole rings is 1. The van der Waals surface area contributed by atoms with E-state index < -0.39 is 0 Å². The lowest BCUT2D eigenvalue weighted by molar-refractivity contribution is 0.336. The molecule has 0 spiro atoms. The van der Waals surface area contributed by atoms with E-state index in [4.69, 9.17) is 4.74 Å². The van der Waals surface area contributed by atoms with E-state index in [1.165, 1.54) is 0 Å². The zero-order valence-electron chi connectivity index (χ0n) is 9.64. The summed E-state index contributed by atoms with van der Waals surface area (Å²) in [6.07, 6.45) is 0. The Morgan fingerprint density at radius 1 is 1.33 bits per heavy atom. The first-order chi connectivity index (χ1) is 7.13. The zero-order chi connectivity index (χ0) is 11.0. The Morgan fingerprint density at radius 2 is 2.07 bits per heavy atom. The van der Waals surface area contributed by atoms with Crippen molar-refractivity contribution in [3.05, 3.63) is 23.0 Å². The number of fused-ring (bicyclic) bond motifs is 1. The van der Waals surface area contributed by atoms with Crippen LogP contribution in [0.2, 0.25) is 0 Å². The Labute approximate surface area is 89.5 Å². The van der Waals surface area contributed by atoms with Gasteiger partial charge < -0.3 is 9.72 Å². The maximum atomic E-state index is 5.63. The normalized spacial score (nSPS) is 10.9. The molecule has 0 bridgehead atoms. The van der Waals surface area contributed by atoms with Crippen LogP contribution in [0.15, 0.2) is 6.07 Å². The van der Waals surface area contributed by atoms with Crippen molar-refractivity contribution >= 4 is 11.0 Å². The van der Waals surface area contributed by atoms with Crippen molar-refractivity contribution in [2.24, 2.45) is 0 Å². The van der Waals surface area contributed by atoms with Gasteiger partial charge in [-0.15, -0.1) is 0 Å². The molecule has 1 aromatic heterocycles. The standard InChI is InChI=1S/C12H16N2O/c1-5-15-12-7(2)6-10-11(8(12)3)14-9(4)13-10/h6H,5H2,1-4H3,(H,13,14). The van der Waals surface area contributed by atoms with Crippen molar-refractivity contribution in [1.29, 1.82) is 0 Å². The largest absolute Gasteiger partial charge is 0.493 e. The number of aromatic nitrogens is 2. The molecule has 80 valence electrons. The Kier molecular flexibility index (Phi) is 2.39. The number of aromatic amines is 1. The van der Waals surface area contributed by atoms with Crippen LogP contribution in [0.25, 0.3) is 11.0 Å². The lowest BCUT2D eigenvalue weighted by atomic mass is 10.1. The number of rotatable bonds is 2. The molecule has 15 heavy (non-hydrogen) atoms. The molecule has 1 N–H and O–H groups in total. The summed E-state index contributed by atoms with van der Waals surface area (Å²) in [5, 5.41) is 0. The fraction of sp³-hybridized carbons (Fsp3) is 0.417. The SMILES string of the molecule is CCOc1c(C)cc2[nH]c(C)nc2c1C. The zero-order valence-corrected chi connectivity index (χ0v) is 9.64. The fourth-order valence-corrected chi connectivity index (χ4v) is 1.95. The average Bonchev–Trinajstić information content (AvgIpc) is 2.53. The van der Waals surface area contributed by atoms with E-state index in [1.54, 1.807) is 0 Å². The molecule has 0 amide bonds. The van der Waals surface area contributed by atoms with Gasteiger partial charge in [-0.05, 0) is 39.3 Å². The minimum Gasteiger partial charge on any atom is -0.493 e. The Morgan fingerprint density at radius 3 is 2.73 bits per heavy atom. The highest BCUT2D eigenvalue weighted by atomic mass is 16.5. The van der Waals surface area contributed by atoms with Crippen LogP contribution >= 0.6 is 0 Å². The molecule has 0 fully saturated rings. The molecule has 1 heterocycles. The third kappa shape index (κ3) is 1.58. The molecule has 0 aliphatic heterocycles. The van der Waals surface area contributed by atoms with E-state index in [1.807, 2.05) is 13.8 Å². The Bertz CT molecular complexity index is 500. The lowest BCUT2D eigenvalue weighted by Gasteiger charge is -2.10. The molecule has 0 aliphatic rings. The minimum atomic E-state index is 0.691. The first-order valence-electron chi connectivity index (χ1n) is 5.22. The van der Waals surface area contributed by atoms with Crippen LogP contribution < -0.4 is 4.74 Å². The summed E-state index contributed by atoms with van der Waals surface area (Å²) >= 11 is 0. The monoisotopic (exact) mass is 204 g/mol. The molecule has 1 aromatic carbocycles. The summed E-state index contributed by atoms with van der Waals surface area (Å²) < 4.78 is 5.63. The number of benzene rings is 1. The highest BCUT2D eigenvalue weighted by Gasteiger charge is 2.11. The second kappa shape index (κ2) is 3.57. The minimum absolute atomic E-state index is 0.691. The van der Waals surface area contributed by atoms with Crippen molar-refractivity contribution in [3.8, 4) is 5.75 Å². The third-order valence-electron chi connectivity index (χ3n) is 2.55. The Balaban J connectivity index is 2.71. The van der Waals surface area contributed by atoms with E-state index in [0.717, 1.165) is 33.7 Å². The van der Waals surface area contributed by atoms with Gasteiger partial charge in [0.2, 0.25) is 0 Å². The van der Waals surface area contributed by atoms with Gasteiger partial charge in [-0.2, -0.15) is 0 Å². The topological polar surface area (TPSA) is 37.9 Å². The van der Waals surface area contributed by atoms with Crippen LogP contribution in [-0.4, -0.2) is 16.6 Å². The number of nitrogens with zero attached hydrogens (tertiary/aromatic N) is 1. The van der Waals surface area contributed by atoms with E-state index in [9.17, 15) is 0 Å². The molecule has 0 saturated carbocycles. The van der Waals surface area contributed by atoms with E-state index >= 15 is 0 Å². The van der Waals surface area contributed by atoms with Gasteiger partial charge in [-0.3, -0.25) is 0 Å². The van der Waals surface area contributed by atoms with Gasteiger partial charge in [0.25, 0.3) is 0 Å². The van der Waals surface area contributed by atoms with Gasteiger partial charge in [0.1, 0.15) is 11.6 Å². The van der Waals surface area contributed by atoms with E-state index in [-0.39, 0.29) is 0 Å². The van der Waals surface area contributed by atoms with Gasteiger partial charge in [0, 0.05) is 5.56 Å². The summed E-state index contributed by atoms with van der Waals surface area (Å²) in [6.45, 7) is 8.78. The molecule has 3 nitrogen and oxygen atoms in total. The second-order valence-corrected chi connectivity index (χ2v) is 3.80. The number of hydrogen-bond donors (Lipinski definition) is 1. The quantitative estimate of drug-likeness (QED) is 0.816. The van der Waals surface area contributed by atoms with Crippen molar-refractivity contribution in [2.75, 3.05) is 6.61 Å². The highest BCUT2D eigenvalue weighted by molar-refractivity contribution is 5.82. The number of nitrogens with one attached hydrogen (secondary N) is 1. The fourth-order valence-electron chi connectivity index (χ4n) is 1.95. The number of H-pyrrole nitrogens is 1. The molecule has 0 aliphatic carbocycles. The van der Waals surface area contributed by atoms with Gasteiger partial charge in [-0.1, -0.05) is 0 Å². The molecular weight excluding hydrogens is 188 g/mol. The van der Waals surface area contributed by atoms with Crippen LogP contribution in [0, 0.1) is 20.8 Å². The summed E-state index contributed by atoms with van der Waals surface area (Å²) in [5.74, 6) is 1.91. The number of aryl methyl sites for hydroxylation is 3. The molecule has 3 heteroatoms. The Hall–Kier alpha value is -1.51. The summed E-state index contributed by atoms with van der Waals surface area (Å²) in [7, 11) is 0. The van der Waals surface area contributed by atoms with Crippen LogP contribution in [0.5, 0.6) is 5.75 Å². The highest BCUT2D eigenvalue weighted by Crippen LogP contribution is 2.29. The first kappa shape index (κ1) is 10.0. The molecule has 0 unspecified atom stereocenters. The van der Waals surface area contributed by atoms with Crippen molar-refractivity contribution in [1.82, 2.24) is 9.97 Å². The second-order valence-electron chi connectivity index (χ2n) is 3.80. The summed E-state index contributed by atoms with van der Waals surface area (Å²) in [5.41, 5.74) is 4.38. The van der Waals surface area contributed by atoms with Crippen LogP contribution in [0.1, 0.15) is 23.9 Å². The maximum absolute atomic E-state index is 5.63. The van der Waals surface area contributed by atoms with Crippen LogP contribution in [-0.2, 0) is 0 Å². The molecular formula is C12H16N2O. The van der Waals surface area contributed by atoms with Crippen molar-refractivity contribution < 1.29 is 4.74 Å². The molecule has 2 aromatic rings. The average molecular weight is 204 g/mol. The van der Waals surface area contributed by atoms with E-state index in [2.05, 4.69) is 29.9 Å². The maximum Gasteiger partial charge on any atom is 0.127 e. The van der Waals surface area contributed by atoms with Gasteiger partial charge in [0.15, 0.2) is 0 Å². The summed E-state index contributed by atoms with van der Waals surface area (Å²) in [6, 6.07) is 2.09. The first-order valence-corrected chi connectivity index (χ1v) is 5.22. The van der Waals surface area contributed by atoms with Crippen molar-refractivity contribution in [3.63, 3.8) is 0 Å². The van der Waals surface area contributed by atoms with Gasteiger partial charge in [0.05, 0.1) is 17.6 Å². The van der Waals surface area contributed by atoms with Crippen LogP contribution in [0.4, 0.5) is 0 Å². The van der Waals surface area contributed by atoms with Crippen molar-refractivity contribution in [2.45, 2.75) is 27.7 Å². The molecule has 0 atom stereocenters. The van der Waals surface area contributed by atoms with E-state index in [0.29, 0.717) is 6.61 Å². The molecule has 0 radical (unpaired) electrons. The predicted molar refractivity (Wildman–Crippen MR) is 61.5 cm³/mol. The number of hydrogen-bond acceptors (Lipinski definition) is 2. The third-order valence-corrected chi connectivity index (χ3v) is 2.55.